The Morgan fingerprint density at radius 1 is 1.41 bits per heavy atom. The van der Waals surface area contributed by atoms with E-state index >= 15 is 0 Å². The Bertz CT molecular complexity index is 690. The van der Waals surface area contributed by atoms with Crippen LogP contribution in [0.15, 0.2) is 12.1 Å². The van der Waals surface area contributed by atoms with Crippen molar-refractivity contribution in [1.29, 1.82) is 0 Å². The maximum Gasteiger partial charge on any atom is 0.219 e. The van der Waals surface area contributed by atoms with Gasteiger partial charge >= 0.3 is 0 Å². The highest BCUT2D eigenvalue weighted by Crippen LogP contribution is 2.37. The van der Waals surface area contributed by atoms with Gasteiger partial charge in [0.15, 0.2) is 0 Å². The van der Waals surface area contributed by atoms with Crippen LogP contribution in [-0.4, -0.2) is 19.6 Å². The van der Waals surface area contributed by atoms with Gasteiger partial charge in [0.2, 0.25) is 5.91 Å². The smallest absolute Gasteiger partial charge is 0.219 e. The fourth-order valence-electron chi connectivity index (χ4n) is 3.84. The number of amides is 1. The third kappa shape index (κ3) is 2.77. The standard InChI is InChI=1S/C19H25NO2/c1-3-5-17(21)20-11-10-15-12-14-7-4-6-13-8-9-16(22-2)19(15)18(13)14/h6,8-9,15H,3-5,7,10-12H2,1-2H3,(H,20,21). The first-order chi connectivity index (χ1) is 10.7. The van der Waals surface area contributed by atoms with Crippen LogP contribution in [0.25, 0.3) is 11.6 Å². The first-order valence-corrected chi connectivity index (χ1v) is 8.40. The lowest BCUT2D eigenvalue weighted by atomic mass is 9.95. The zero-order chi connectivity index (χ0) is 15.5. The Morgan fingerprint density at radius 3 is 3.05 bits per heavy atom. The summed E-state index contributed by atoms with van der Waals surface area (Å²) in [6.45, 7) is 2.79. The van der Waals surface area contributed by atoms with Crippen molar-refractivity contribution in [2.75, 3.05) is 13.7 Å². The van der Waals surface area contributed by atoms with Gasteiger partial charge in [-0.1, -0.05) is 24.6 Å². The van der Waals surface area contributed by atoms with Gasteiger partial charge in [0.1, 0.15) is 5.75 Å². The summed E-state index contributed by atoms with van der Waals surface area (Å²) < 4.78 is 5.61. The van der Waals surface area contributed by atoms with Crippen LogP contribution < -0.4 is 20.5 Å². The number of methoxy groups -OCH3 is 1. The molecular weight excluding hydrogens is 274 g/mol. The van der Waals surface area contributed by atoms with Crippen LogP contribution in [0, 0.1) is 0 Å². The molecule has 3 heteroatoms. The zero-order valence-electron chi connectivity index (χ0n) is 13.6. The lowest BCUT2D eigenvalue weighted by molar-refractivity contribution is -0.121. The molecule has 1 aromatic carbocycles. The molecule has 22 heavy (non-hydrogen) atoms. The number of benzene rings is 1. The van der Waals surface area contributed by atoms with Crippen molar-refractivity contribution in [3.8, 4) is 5.75 Å². The third-order valence-electron chi connectivity index (χ3n) is 4.81. The van der Waals surface area contributed by atoms with E-state index in [1.165, 1.54) is 22.4 Å². The van der Waals surface area contributed by atoms with Crippen LogP contribution in [0.1, 0.15) is 56.9 Å². The largest absolute Gasteiger partial charge is 0.496 e. The molecule has 3 rings (SSSR count). The van der Waals surface area contributed by atoms with Gasteiger partial charge in [0, 0.05) is 18.5 Å². The van der Waals surface area contributed by atoms with Crippen LogP contribution >= 0.6 is 0 Å². The van der Waals surface area contributed by atoms with E-state index in [1.54, 1.807) is 12.7 Å². The van der Waals surface area contributed by atoms with E-state index in [4.69, 9.17) is 4.74 Å². The van der Waals surface area contributed by atoms with E-state index < -0.39 is 0 Å². The highest BCUT2D eigenvalue weighted by molar-refractivity contribution is 5.75. The van der Waals surface area contributed by atoms with Gasteiger partial charge in [-0.3, -0.25) is 4.79 Å². The molecule has 1 atom stereocenters. The fraction of sp³-hybridized carbons (Fsp3) is 0.526. The number of nitrogens with one attached hydrogen (secondary N) is 1. The SMILES string of the molecule is CCCC(=O)NCCC1CC2=c3c1c(OC)ccc3=CCC2. The molecule has 1 N–H and O–H groups in total. The first-order valence-electron chi connectivity index (χ1n) is 8.40. The molecule has 0 heterocycles. The van der Waals surface area contributed by atoms with Gasteiger partial charge in [0.25, 0.3) is 0 Å². The number of rotatable bonds is 6. The quantitative estimate of drug-likeness (QED) is 0.874. The van der Waals surface area contributed by atoms with Gasteiger partial charge in [-0.05, 0) is 54.5 Å². The first kappa shape index (κ1) is 15.1. The average Bonchev–Trinajstić information content (AvgIpc) is 2.89. The summed E-state index contributed by atoms with van der Waals surface area (Å²) in [5.74, 6) is 1.66. The minimum atomic E-state index is 0.170. The van der Waals surface area contributed by atoms with Crippen LogP contribution in [0.4, 0.5) is 0 Å². The predicted octanol–water partition coefficient (Wildman–Crippen LogP) is 2.21. The van der Waals surface area contributed by atoms with Gasteiger partial charge in [-0.15, -0.1) is 0 Å². The summed E-state index contributed by atoms with van der Waals surface area (Å²) in [5, 5.41) is 5.86. The van der Waals surface area contributed by atoms with Crippen LogP contribution in [-0.2, 0) is 4.79 Å². The Kier molecular flexibility index (Phi) is 4.51. The molecule has 3 nitrogen and oxygen atoms in total. The Hall–Kier alpha value is -1.77. The van der Waals surface area contributed by atoms with E-state index in [0.29, 0.717) is 12.3 Å². The van der Waals surface area contributed by atoms with Crippen molar-refractivity contribution >= 4 is 17.6 Å². The monoisotopic (exact) mass is 299 g/mol. The molecule has 0 aromatic heterocycles. The lowest BCUT2D eigenvalue weighted by Gasteiger charge is -2.16. The second kappa shape index (κ2) is 6.55. The molecule has 1 unspecified atom stereocenters. The van der Waals surface area contributed by atoms with Crippen molar-refractivity contribution in [1.82, 2.24) is 5.32 Å². The van der Waals surface area contributed by atoms with Gasteiger partial charge in [0.05, 0.1) is 7.11 Å². The van der Waals surface area contributed by atoms with E-state index in [9.17, 15) is 4.79 Å². The van der Waals surface area contributed by atoms with Crippen molar-refractivity contribution in [3.63, 3.8) is 0 Å². The van der Waals surface area contributed by atoms with E-state index in [-0.39, 0.29) is 5.91 Å². The summed E-state index contributed by atoms with van der Waals surface area (Å²) >= 11 is 0. The van der Waals surface area contributed by atoms with Gasteiger partial charge in [-0.25, -0.2) is 0 Å². The van der Waals surface area contributed by atoms with Crippen molar-refractivity contribution < 1.29 is 9.53 Å². The number of ether oxygens (including phenoxy) is 1. The molecule has 0 bridgehead atoms. The molecule has 2 aliphatic rings. The summed E-state index contributed by atoms with van der Waals surface area (Å²) in [4.78, 5) is 11.6. The minimum absolute atomic E-state index is 0.170. The Morgan fingerprint density at radius 2 is 2.27 bits per heavy atom. The molecule has 0 saturated carbocycles. The van der Waals surface area contributed by atoms with Gasteiger partial charge in [-0.2, -0.15) is 0 Å². The second-order valence-electron chi connectivity index (χ2n) is 6.28. The Balaban J connectivity index is 1.79. The lowest BCUT2D eigenvalue weighted by Crippen LogP contribution is -2.31. The maximum absolute atomic E-state index is 11.6. The third-order valence-corrected chi connectivity index (χ3v) is 4.81. The van der Waals surface area contributed by atoms with E-state index in [2.05, 4.69) is 23.5 Å². The topological polar surface area (TPSA) is 38.3 Å². The zero-order valence-corrected chi connectivity index (χ0v) is 13.6. The van der Waals surface area contributed by atoms with E-state index in [1.807, 2.05) is 6.92 Å². The number of carbonyl (C=O) groups is 1. The van der Waals surface area contributed by atoms with E-state index in [0.717, 1.165) is 38.0 Å². The van der Waals surface area contributed by atoms with Gasteiger partial charge < -0.3 is 10.1 Å². The van der Waals surface area contributed by atoms with Crippen LogP contribution in [0.2, 0.25) is 0 Å². The van der Waals surface area contributed by atoms with Crippen LogP contribution in [0.5, 0.6) is 5.75 Å². The highest BCUT2D eigenvalue weighted by Gasteiger charge is 2.27. The molecule has 118 valence electrons. The molecule has 0 spiro atoms. The normalized spacial score (nSPS) is 18.6. The Labute approximate surface area is 132 Å². The molecule has 0 aliphatic heterocycles. The van der Waals surface area contributed by atoms with Crippen molar-refractivity contribution in [3.05, 3.63) is 28.1 Å². The predicted molar refractivity (Wildman–Crippen MR) is 89.2 cm³/mol. The maximum atomic E-state index is 11.6. The molecule has 1 amide bonds. The average molecular weight is 299 g/mol. The summed E-state index contributed by atoms with van der Waals surface area (Å²) in [6.07, 6.45) is 8.31. The van der Waals surface area contributed by atoms with Crippen molar-refractivity contribution in [2.24, 2.45) is 0 Å². The molecular formula is C19H25NO2. The van der Waals surface area contributed by atoms with Crippen LogP contribution in [0.3, 0.4) is 0 Å². The molecule has 0 fully saturated rings. The summed E-state index contributed by atoms with van der Waals surface area (Å²) in [6, 6.07) is 4.28. The molecule has 1 aromatic rings. The second-order valence-corrected chi connectivity index (χ2v) is 6.28. The number of hydrogen-bond donors (Lipinski definition) is 1. The number of hydrogen-bond acceptors (Lipinski definition) is 2. The summed E-state index contributed by atoms with van der Waals surface area (Å²) in [7, 11) is 1.75. The minimum Gasteiger partial charge on any atom is -0.496 e. The fourth-order valence-corrected chi connectivity index (χ4v) is 3.84. The summed E-state index contributed by atoms with van der Waals surface area (Å²) in [5.41, 5.74) is 2.95. The number of carbonyl (C=O) groups excluding carboxylic acids is 1. The molecule has 2 aliphatic carbocycles. The van der Waals surface area contributed by atoms with Crippen molar-refractivity contribution in [2.45, 2.75) is 51.4 Å². The molecule has 0 saturated heterocycles. The molecule has 0 radical (unpaired) electrons. The highest BCUT2D eigenvalue weighted by atomic mass is 16.5.